The summed E-state index contributed by atoms with van der Waals surface area (Å²) in [4.78, 5) is 30.2. The number of amides is 2. The zero-order valence-corrected chi connectivity index (χ0v) is 21.0. The van der Waals surface area contributed by atoms with Crippen LogP contribution in [-0.4, -0.2) is 48.9 Å². The van der Waals surface area contributed by atoms with E-state index in [-0.39, 0.29) is 43.2 Å². The molecule has 1 unspecified atom stereocenters. The van der Waals surface area contributed by atoms with Crippen LogP contribution in [-0.2, 0) is 17.8 Å². The quantitative estimate of drug-likeness (QED) is 0.488. The molecule has 38 heavy (non-hydrogen) atoms. The number of carbonyl (C=O) groups excluding carboxylic acids is 2. The second-order valence-electron chi connectivity index (χ2n) is 11.1. The third-order valence-electron chi connectivity index (χ3n) is 8.45. The number of alkyl halides is 3. The molecule has 1 aliphatic heterocycles. The van der Waals surface area contributed by atoms with Crippen LogP contribution in [0.5, 0.6) is 0 Å². The maximum Gasteiger partial charge on any atom is 0.393 e. The van der Waals surface area contributed by atoms with Crippen molar-refractivity contribution >= 4 is 17.5 Å². The summed E-state index contributed by atoms with van der Waals surface area (Å²) in [6.45, 7) is 2.12. The Labute approximate surface area is 217 Å². The standard InChI is InChI=1S/C26H30F3N7O2/c1-2-35-20(5-8-31-35)24(38)33-22(16-11-25(12-16)6-7-25)19-14-36-21(32-19)4-3-18(34-36)10-15-9-17(26(27,28)29)13-30-23(15)37/h3-5,8,14-17,22H,2,6-7,9-13H2,1H3,(H,30,37)(H,33,38)/t15?,17-,22+/m1/s1. The number of hydrogen-bond acceptors (Lipinski definition) is 5. The number of carbonyl (C=O) groups is 2. The third kappa shape index (κ3) is 4.64. The van der Waals surface area contributed by atoms with Gasteiger partial charge in [0, 0.05) is 31.6 Å². The third-order valence-corrected chi connectivity index (χ3v) is 8.45. The van der Waals surface area contributed by atoms with Gasteiger partial charge in [-0.3, -0.25) is 14.3 Å². The van der Waals surface area contributed by atoms with Crippen LogP contribution >= 0.6 is 0 Å². The number of nitrogens with one attached hydrogen (secondary N) is 2. The van der Waals surface area contributed by atoms with Crippen molar-refractivity contribution in [3.05, 3.63) is 47.7 Å². The van der Waals surface area contributed by atoms with Crippen molar-refractivity contribution in [3.8, 4) is 0 Å². The van der Waals surface area contributed by atoms with Crippen molar-refractivity contribution < 1.29 is 22.8 Å². The summed E-state index contributed by atoms with van der Waals surface area (Å²) in [5.41, 5.74) is 2.70. The molecule has 3 atom stereocenters. The highest BCUT2D eigenvalue weighted by molar-refractivity contribution is 5.92. The molecular formula is C26H30F3N7O2. The first-order valence-electron chi connectivity index (χ1n) is 13.2. The summed E-state index contributed by atoms with van der Waals surface area (Å²) in [5, 5.41) is 14.3. The van der Waals surface area contributed by atoms with Gasteiger partial charge in [-0.05, 0) is 68.6 Å². The van der Waals surface area contributed by atoms with Gasteiger partial charge in [0.15, 0.2) is 5.65 Å². The van der Waals surface area contributed by atoms with Crippen molar-refractivity contribution in [2.24, 2.45) is 23.2 Å². The highest BCUT2D eigenvalue weighted by Gasteiger charge is 2.55. The van der Waals surface area contributed by atoms with Crippen LogP contribution in [0.25, 0.3) is 5.65 Å². The van der Waals surface area contributed by atoms with Gasteiger partial charge >= 0.3 is 6.18 Å². The van der Waals surface area contributed by atoms with Crippen LogP contribution in [0.1, 0.15) is 66.9 Å². The van der Waals surface area contributed by atoms with Crippen LogP contribution in [0.4, 0.5) is 13.2 Å². The van der Waals surface area contributed by atoms with E-state index >= 15 is 0 Å². The summed E-state index contributed by atoms with van der Waals surface area (Å²) in [5.74, 6) is -2.69. The molecule has 12 heteroatoms. The maximum atomic E-state index is 13.2. The largest absolute Gasteiger partial charge is 0.393 e. The van der Waals surface area contributed by atoms with Crippen molar-refractivity contribution in [2.45, 2.75) is 64.2 Å². The molecule has 2 amide bonds. The number of hydrogen-bond donors (Lipinski definition) is 2. The molecule has 3 aromatic rings. The average molecular weight is 530 g/mol. The maximum absolute atomic E-state index is 13.2. The number of aryl methyl sites for hydroxylation is 1. The minimum absolute atomic E-state index is 0.105. The highest BCUT2D eigenvalue weighted by Crippen LogP contribution is 2.65. The lowest BCUT2D eigenvalue weighted by Crippen LogP contribution is -2.47. The average Bonchev–Trinajstić information content (AvgIpc) is 3.32. The second kappa shape index (κ2) is 9.09. The van der Waals surface area contributed by atoms with E-state index in [1.807, 2.05) is 6.92 Å². The normalized spacial score (nSPS) is 23.7. The van der Waals surface area contributed by atoms with Crippen molar-refractivity contribution in [3.63, 3.8) is 0 Å². The molecule has 6 rings (SSSR count). The lowest BCUT2D eigenvalue weighted by Gasteiger charge is -2.40. The van der Waals surface area contributed by atoms with E-state index in [1.54, 1.807) is 39.8 Å². The van der Waals surface area contributed by atoms with Crippen LogP contribution in [0.2, 0.25) is 0 Å². The number of nitrogens with zero attached hydrogens (tertiary/aromatic N) is 5. The van der Waals surface area contributed by atoms with Gasteiger partial charge in [-0.2, -0.15) is 23.4 Å². The van der Waals surface area contributed by atoms with Crippen molar-refractivity contribution in [2.75, 3.05) is 6.54 Å². The van der Waals surface area contributed by atoms with Gasteiger partial charge < -0.3 is 10.6 Å². The molecule has 0 aromatic carbocycles. The van der Waals surface area contributed by atoms with Crippen LogP contribution in [0, 0.1) is 23.2 Å². The summed E-state index contributed by atoms with van der Waals surface area (Å²) in [6.07, 6.45) is 3.42. The van der Waals surface area contributed by atoms with Gasteiger partial charge in [0.1, 0.15) is 5.69 Å². The van der Waals surface area contributed by atoms with E-state index in [4.69, 9.17) is 4.98 Å². The Morgan fingerprint density at radius 1 is 1.26 bits per heavy atom. The molecule has 3 aromatic heterocycles. The van der Waals surface area contributed by atoms with Gasteiger partial charge in [0.25, 0.3) is 5.91 Å². The van der Waals surface area contributed by atoms with E-state index < -0.39 is 18.0 Å². The summed E-state index contributed by atoms with van der Waals surface area (Å²) < 4.78 is 42.9. The first-order valence-corrected chi connectivity index (χ1v) is 13.2. The Morgan fingerprint density at radius 3 is 2.76 bits per heavy atom. The molecule has 1 spiro atoms. The lowest BCUT2D eigenvalue weighted by molar-refractivity contribution is -0.183. The van der Waals surface area contributed by atoms with E-state index in [0.717, 1.165) is 12.8 Å². The summed E-state index contributed by atoms with van der Waals surface area (Å²) in [7, 11) is 0. The first kappa shape index (κ1) is 24.9. The highest BCUT2D eigenvalue weighted by atomic mass is 19.4. The van der Waals surface area contributed by atoms with E-state index in [2.05, 4.69) is 20.8 Å². The Bertz CT molecular complexity index is 1370. The molecule has 202 valence electrons. The summed E-state index contributed by atoms with van der Waals surface area (Å²) >= 11 is 0. The van der Waals surface area contributed by atoms with Crippen LogP contribution < -0.4 is 10.6 Å². The molecule has 2 N–H and O–H groups in total. The first-order chi connectivity index (χ1) is 18.1. The predicted octanol–water partition coefficient (Wildman–Crippen LogP) is 3.46. The van der Waals surface area contributed by atoms with E-state index in [1.165, 1.54) is 12.8 Å². The van der Waals surface area contributed by atoms with E-state index in [0.29, 0.717) is 34.7 Å². The van der Waals surface area contributed by atoms with Crippen LogP contribution in [0.3, 0.4) is 0 Å². The van der Waals surface area contributed by atoms with Crippen LogP contribution in [0.15, 0.2) is 30.6 Å². The van der Waals surface area contributed by atoms with Gasteiger partial charge in [0.05, 0.1) is 29.5 Å². The monoisotopic (exact) mass is 529 g/mol. The minimum Gasteiger partial charge on any atom is -0.355 e. The fourth-order valence-corrected chi connectivity index (χ4v) is 6.08. The fourth-order valence-electron chi connectivity index (χ4n) is 6.08. The SMILES string of the molecule is CCn1nccc1C(=O)N[C@H](c1cn2nc(CC3C[C@@H](C(F)(F)F)CNC3=O)ccc2n1)C1CC2(CC2)C1. The number of rotatable bonds is 7. The molecule has 2 aliphatic carbocycles. The minimum atomic E-state index is -4.35. The summed E-state index contributed by atoms with van der Waals surface area (Å²) in [6, 6.07) is 4.85. The second-order valence-corrected chi connectivity index (χ2v) is 11.1. The number of imidazole rings is 1. The van der Waals surface area contributed by atoms with Gasteiger partial charge in [-0.1, -0.05) is 0 Å². The van der Waals surface area contributed by atoms with E-state index in [9.17, 15) is 22.8 Å². The van der Waals surface area contributed by atoms with Crippen molar-refractivity contribution in [1.82, 2.24) is 35.0 Å². The Hall–Kier alpha value is -3.44. The fraction of sp³-hybridized carbons (Fsp3) is 0.577. The van der Waals surface area contributed by atoms with Crippen molar-refractivity contribution in [1.29, 1.82) is 0 Å². The number of aromatic nitrogens is 5. The zero-order chi connectivity index (χ0) is 26.7. The number of piperidine rings is 1. The molecule has 4 heterocycles. The molecule has 3 aliphatic rings. The number of fused-ring (bicyclic) bond motifs is 1. The zero-order valence-electron chi connectivity index (χ0n) is 21.0. The molecular weight excluding hydrogens is 499 g/mol. The van der Waals surface area contributed by atoms with Gasteiger partial charge in [-0.15, -0.1) is 0 Å². The van der Waals surface area contributed by atoms with Gasteiger partial charge in [0.2, 0.25) is 5.91 Å². The Balaban J connectivity index is 1.23. The Morgan fingerprint density at radius 2 is 2.05 bits per heavy atom. The number of halogens is 3. The lowest BCUT2D eigenvalue weighted by atomic mass is 9.68. The molecule has 0 bridgehead atoms. The smallest absolute Gasteiger partial charge is 0.355 e. The predicted molar refractivity (Wildman–Crippen MR) is 130 cm³/mol. The Kier molecular flexibility index (Phi) is 5.95. The molecule has 0 radical (unpaired) electrons. The topological polar surface area (TPSA) is 106 Å². The molecule has 3 fully saturated rings. The molecule has 2 saturated carbocycles. The van der Waals surface area contributed by atoms with Gasteiger partial charge in [-0.25, -0.2) is 9.50 Å². The molecule has 9 nitrogen and oxygen atoms in total. The molecule has 1 saturated heterocycles.